The van der Waals surface area contributed by atoms with E-state index in [1.807, 2.05) is 0 Å². The van der Waals surface area contributed by atoms with E-state index in [0.717, 1.165) is 6.07 Å². The predicted octanol–water partition coefficient (Wildman–Crippen LogP) is 2.85. The first kappa shape index (κ1) is 11.2. The molecule has 0 aliphatic heterocycles. The molecule has 2 N–H and O–H groups in total. The lowest BCUT2D eigenvalue weighted by molar-refractivity contribution is 0.509. The normalized spacial score (nSPS) is 11.9. The van der Waals surface area contributed by atoms with Gasteiger partial charge >= 0.3 is 0 Å². The van der Waals surface area contributed by atoms with E-state index in [1.165, 1.54) is 6.07 Å². The summed E-state index contributed by atoms with van der Waals surface area (Å²) >= 11 is 10.7. The number of hydrogen-bond donors (Lipinski definition) is 1. The fourth-order valence-electron chi connectivity index (χ4n) is 0.802. The fraction of sp³-hybridized carbons (Fsp3) is 0.125. The van der Waals surface area contributed by atoms with E-state index in [9.17, 15) is 8.78 Å². The molecule has 0 aliphatic rings. The first-order chi connectivity index (χ1) is 6.54. The van der Waals surface area contributed by atoms with Gasteiger partial charge < -0.3 is 5.73 Å². The highest BCUT2D eigenvalue weighted by atomic mass is 35.5. The van der Waals surface area contributed by atoms with Crippen LogP contribution in [-0.2, 0) is 0 Å². The van der Waals surface area contributed by atoms with Crippen molar-refractivity contribution in [2.24, 2.45) is 10.7 Å². The molecule has 0 fully saturated rings. The number of aliphatic imine (C=N–C) groups is 1. The molecular weight excluding hydrogens is 233 g/mol. The van der Waals surface area contributed by atoms with E-state index in [-0.39, 0.29) is 22.4 Å². The quantitative estimate of drug-likeness (QED) is 0.366. The van der Waals surface area contributed by atoms with Gasteiger partial charge in [0.1, 0.15) is 5.84 Å². The first-order valence-corrected chi connectivity index (χ1v) is 4.49. The van der Waals surface area contributed by atoms with Gasteiger partial charge in [-0.2, -0.15) is 0 Å². The Labute approximate surface area is 89.3 Å². The molecule has 0 aromatic heterocycles. The fourth-order valence-corrected chi connectivity index (χ4v) is 1.06. The van der Waals surface area contributed by atoms with Gasteiger partial charge in [0.25, 0.3) is 0 Å². The number of alkyl halides is 1. The zero-order chi connectivity index (χ0) is 10.7. The summed E-state index contributed by atoms with van der Waals surface area (Å²) in [6.45, 7) is 0. The highest BCUT2D eigenvalue weighted by Crippen LogP contribution is 2.24. The summed E-state index contributed by atoms with van der Waals surface area (Å²) < 4.78 is 25.5. The molecule has 76 valence electrons. The third kappa shape index (κ3) is 2.56. The average molecular weight is 239 g/mol. The minimum atomic E-state index is -1.10. The van der Waals surface area contributed by atoms with Crippen LogP contribution in [0.5, 0.6) is 0 Å². The van der Waals surface area contributed by atoms with Crippen molar-refractivity contribution >= 4 is 34.7 Å². The van der Waals surface area contributed by atoms with Crippen molar-refractivity contribution in [1.29, 1.82) is 0 Å². The van der Waals surface area contributed by atoms with Crippen LogP contribution < -0.4 is 5.73 Å². The largest absolute Gasteiger partial charge is 0.386 e. The monoisotopic (exact) mass is 238 g/mol. The lowest BCUT2D eigenvalue weighted by Crippen LogP contribution is -2.12. The van der Waals surface area contributed by atoms with Crippen LogP contribution in [0.1, 0.15) is 0 Å². The minimum Gasteiger partial charge on any atom is -0.386 e. The standard InChI is InChI=1S/C8H6Cl2F2N2/c9-3-7(13)14-4-1-5(10)8(12)6(11)2-4/h1-2H,3H2,(H2,13,14). The van der Waals surface area contributed by atoms with Crippen LogP contribution >= 0.6 is 23.2 Å². The third-order valence-electron chi connectivity index (χ3n) is 1.38. The summed E-state index contributed by atoms with van der Waals surface area (Å²) in [5, 5.41) is -0.342. The van der Waals surface area contributed by atoms with Crippen molar-refractivity contribution in [3.05, 3.63) is 28.8 Å². The van der Waals surface area contributed by atoms with Crippen LogP contribution in [0.3, 0.4) is 0 Å². The van der Waals surface area contributed by atoms with E-state index >= 15 is 0 Å². The maximum Gasteiger partial charge on any atom is 0.177 e. The van der Waals surface area contributed by atoms with Gasteiger partial charge in [-0.05, 0) is 6.07 Å². The van der Waals surface area contributed by atoms with Gasteiger partial charge in [-0.3, -0.25) is 0 Å². The zero-order valence-electron chi connectivity index (χ0n) is 6.90. The van der Waals surface area contributed by atoms with Crippen molar-refractivity contribution < 1.29 is 8.78 Å². The lowest BCUT2D eigenvalue weighted by atomic mass is 10.3. The number of rotatable bonds is 2. The second kappa shape index (κ2) is 4.57. The maximum atomic E-state index is 12.8. The molecule has 0 atom stereocenters. The number of amidine groups is 1. The Morgan fingerprint density at radius 1 is 1.43 bits per heavy atom. The van der Waals surface area contributed by atoms with Gasteiger partial charge in [0.2, 0.25) is 0 Å². The summed E-state index contributed by atoms with van der Waals surface area (Å²) in [6.07, 6.45) is 0. The molecule has 1 aromatic rings. The van der Waals surface area contributed by atoms with Gasteiger partial charge in [0.15, 0.2) is 11.6 Å². The Kier molecular flexibility index (Phi) is 3.66. The summed E-state index contributed by atoms with van der Waals surface area (Å²) in [6, 6.07) is 2.06. The molecule has 0 spiro atoms. The molecule has 2 nitrogen and oxygen atoms in total. The molecule has 1 aromatic carbocycles. The molecule has 1 rings (SSSR count). The first-order valence-electron chi connectivity index (χ1n) is 3.58. The van der Waals surface area contributed by atoms with E-state index < -0.39 is 11.6 Å². The van der Waals surface area contributed by atoms with Gasteiger partial charge in [-0.15, -0.1) is 11.6 Å². The number of benzene rings is 1. The Morgan fingerprint density at radius 2 is 2.07 bits per heavy atom. The van der Waals surface area contributed by atoms with Crippen LogP contribution in [0.4, 0.5) is 14.5 Å². The van der Waals surface area contributed by atoms with Gasteiger partial charge in [-0.25, -0.2) is 13.8 Å². The van der Waals surface area contributed by atoms with Crippen LogP contribution in [0.2, 0.25) is 5.02 Å². The van der Waals surface area contributed by atoms with Gasteiger partial charge in [0, 0.05) is 6.07 Å². The van der Waals surface area contributed by atoms with Crippen LogP contribution in [0, 0.1) is 11.6 Å². The molecule has 0 aliphatic carbocycles. The molecule has 0 heterocycles. The van der Waals surface area contributed by atoms with E-state index in [2.05, 4.69) is 4.99 Å². The number of halogens is 4. The zero-order valence-corrected chi connectivity index (χ0v) is 8.41. The SMILES string of the molecule is NC(CCl)=Nc1cc(F)c(F)c(Cl)c1. The Bertz CT molecular complexity index is 357. The van der Waals surface area contributed by atoms with Gasteiger partial charge in [0.05, 0.1) is 16.6 Å². The lowest BCUT2D eigenvalue weighted by Gasteiger charge is -1.99. The van der Waals surface area contributed by atoms with Crippen LogP contribution in [-0.4, -0.2) is 11.7 Å². The molecule has 0 saturated carbocycles. The molecule has 0 bridgehead atoms. The van der Waals surface area contributed by atoms with Crippen molar-refractivity contribution in [2.75, 3.05) is 5.88 Å². The molecule has 0 saturated heterocycles. The number of nitrogens with zero attached hydrogens (tertiary/aromatic N) is 1. The van der Waals surface area contributed by atoms with E-state index in [1.54, 1.807) is 0 Å². The molecule has 0 unspecified atom stereocenters. The molecule has 14 heavy (non-hydrogen) atoms. The molecule has 0 radical (unpaired) electrons. The third-order valence-corrected chi connectivity index (χ3v) is 1.93. The van der Waals surface area contributed by atoms with Crippen molar-refractivity contribution in [3.63, 3.8) is 0 Å². The van der Waals surface area contributed by atoms with Crippen LogP contribution in [0.15, 0.2) is 17.1 Å². The van der Waals surface area contributed by atoms with Crippen molar-refractivity contribution in [2.45, 2.75) is 0 Å². The molecule has 6 heteroatoms. The highest BCUT2D eigenvalue weighted by Gasteiger charge is 2.08. The Hall–Kier alpha value is -0.870. The van der Waals surface area contributed by atoms with E-state index in [4.69, 9.17) is 28.9 Å². The minimum absolute atomic E-state index is 0.0105. The number of hydrogen-bond acceptors (Lipinski definition) is 1. The smallest absolute Gasteiger partial charge is 0.177 e. The number of nitrogens with two attached hydrogens (primary N) is 1. The second-order valence-electron chi connectivity index (χ2n) is 2.46. The highest BCUT2D eigenvalue weighted by molar-refractivity contribution is 6.31. The van der Waals surface area contributed by atoms with E-state index in [0.29, 0.717) is 0 Å². The Morgan fingerprint density at radius 3 is 2.57 bits per heavy atom. The van der Waals surface area contributed by atoms with Crippen LogP contribution in [0.25, 0.3) is 0 Å². The summed E-state index contributed by atoms with van der Waals surface area (Å²) in [5.74, 6) is -2.06. The summed E-state index contributed by atoms with van der Waals surface area (Å²) in [4.78, 5) is 3.71. The topological polar surface area (TPSA) is 38.4 Å². The summed E-state index contributed by atoms with van der Waals surface area (Å²) in [7, 11) is 0. The predicted molar refractivity (Wildman–Crippen MR) is 53.4 cm³/mol. The molecule has 0 amide bonds. The second-order valence-corrected chi connectivity index (χ2v) is 3.13. The summed E-state index contributed by atoms with van der Waals surface area (Å²) in [5.41, 5.74) is 5.43. The van der Waals surface area contributed by atoms with Crippen molar-refractivity contribution in [3.8, 4) is 0 Å². The van der Waals surface area contributed by atoms with Gasteiger partial charge in [-0.1, -0.05) is 11.6 Å². The average Bonchev–Trinajstić information content (AvgIpc) is 2.14. The maximum absolute atomic E-state index is 12.8. The molecular formula is C8H6Cl2F2N2. The van der Waals surface area contributed by atoms with Crippen molar-refractivity contribution in [1.82, 2.24) is 0 Å². The Balaban J connectivity index is 3.13.